The molecule has 0 saturated heterocycles. The molecular formula is C13H15N3O. The molecule has 0 aliphatic heterocycles. The highest BCUT2D eigenvalue weighted by Gasteiger charge is 2.04. The Morgan fingerprint density at radius 1 is 1.35 bits per heavy atom. The van der Waals surface area contributed by atoms with Gasteiger partial charge in [-0.1, -0.05) is 19.1 Å². The minimum atomic E-state index is -0.178. The van der Waals surface area contributed by atoms with Crippen molar-refractivity contribution in [3.05, 3.63) is 36.7 Å². The molecule has 0 radical (unpaired) electrons. The van der Waals surface area contributed by atoms with Gasteiger partial charge in [-0.25, -0.2) is 4.79 Å². The number of nitrogens with zero attached hydrogens (tertiary/aromatic N) is 1. The van der Waals surface area contributed by atoms with Crippen LogP contribution < -0.4 is 10.6 Å². The molecule has 0 saturated carbocycles. The van der Waals surface area contributed by atoms with E-state index >= 15 is 0 Å². The predicted molar refractivity (Wildman–Crippen MR) is 69.1 cm³/mol. The van der Waals surface area contributed by atoms with Gasteiger partial charge in [0.1, 0.15) is 0 Å². The first kappa shape index (κ1) is 11.4. The summed E-state index contributed by atoms with van der Waals surface area (Å²) in [5.41, 5.74) is 0.782. The Hall–Kier alpha value is -2.10. The Balaban J connectivity index is 2.21. The van der Waals surface area contributed by atoms with E-state index in [1.165, 1.54) is 0 Å². The Morgan fingerprint density at radius 3 is 3.06 bits per heavy atom. The maximum atomic E-state index is 11.6. The first-order valence-electron chi connectivity index (χ1n) is 5.69. The molecule has 4 heteroatoms. The molecule has 4 nitrogen and oxygen atoms in total. The van der Waals surface area contributed by atoms with Crippen LogP contribution in [0, 0.1) is 0 Å². The van der Waals surface area contributed by atoms with Gasteiger partial charge in [0.05, 0.1) is 5.69 Å². The summed E-state index contributed by atoms with van der Waals surface area (Å²) in [4.78, 5) is 15.6. The normalized spacial score (nSPS) is 10.2. The number of rotatable bonds is 3. The number of fused-ring (bicyclic) bond motifs is 1. The summed E-state index contributed by atoms with van der Waals surface area (Å²) < 4.78 is 0. The standard InChI is InChI=1S/C13H15N3O/c1-2-7-15-13(17)16-12-5-3-4-10-6-8-14-9-11(10)12/h3-6,8-9H,2,7H2,1H3,(H2,15,16,17). The summed E-state index contributed by atoms with van der Waals surface area (Å²) in [5.74, 6) is 0. The first-order valence-corrected chi connectivity index (χ1v) is 5.69. The summed E-state index contributed by atoms with van der Waals surface area (Å²) in [5, 5.41) is 7.61. The molecule has 2 N–H and O–H groups in total. The SMILES string of the molecule is CCCNC(=O)Nc1cccc2ccncc12. The number of carbonyl (C=O) groups is 1. The van der Waals surface area contributed by atoms with Crippen LogP contribution in [0.1, 0.15) is 13.3 Å². The van der Waals surface area contributed by atoms with Crippen LogP contribution in [-0.2, 0) is 0 Å². The van der Waals surface area contributed by atoms with E-state index in [1.807, 2.05) is 31.2 Å². The monoisotopic (exact) mass is 229 g/mol. The molecule has 2 rings (SSSR count). The van der Waals surface area contributed by atoms with Crippen molar-refractivity contribution >= 4 is 22.5 Å². The van der Waals surface area contributed by atoms with Crippen LogP contribution in [0.15, 0.2) is 36.7 Å². The molecule has 2 amide bonds. The fourth-order valence-electron chi connectivity index (χ4n) is 1.63. The van der Waals surface area contributed by atoms with Crippen LogP contribution in [0.2, 0.25) is 0 Å². The number of hydrogen-bond acceptors (Lipinski definition) is 2. The molecule has 0 aliphatic carbocycles. The maximum Gasteiger partial charge on any atom is 0.319 e. The van der Waals surface area contributed by atoms with Crippen LogP contribution in [-0.4, -0.2) is 17.6 Å². The van der Waals surface area contributed by atoms with Crippen molar-refractivity contribution < 1.29 is 4.79 Å². The van der Waals surface area contributed by atoms with Crippen LogP contribution in [0.3, 0.4) is 0 Å². The van der Waals surface area contributed by atoms with Gasteiger partial charge >= 0.3 is 6.03 Å². The van der Waals surface area contributed by atoms with E-state index in [2.05, 4.69) is 15.6 Å². The zero-order chi connectivity index (χ0) is 12.1. The van der Waals surface area contributed by atoms with Crippen LogP contribution in [0.25, 0.3) is 10.8 Å². The smallest absolute Gasteiger partial charge is 0.319 e. The predicted octanol–water partition coefficient (Wildman–Crippen LogP) is 2.77. The summed E-state index contributed by atoms with van der Waals surface area (Å²) in [7, 11) is 0. The molecule has 0 bridgehead atoms. The molecule has 1 aromatic heterocycles. The second-order valence-corrected chi connectivity index (χ2v) is 3.78. The topological polar surface area (TPSA) is 54.0 Å². The number of hydrogen-bond donors (Lipinski definition) is 2. The first-order chi connectivity index (χ1) is 8.31. The summed E-state index contributed by atoms with van der Waals surface area (Å²) in [6.07, 6.45) is 4.42. The van der Waals surface area contributed by atoms with Crippen LogP contribution >= 0.6 is 0 Å². The highest BCUT2D eigenvalue weighted by molar-refractivity contribution is 6.01. The van der Waals surface area contributed by atoms with Gasteiger partial charge in [0.25, 0.3) is 0 Å². The minimum absolute atomic E-state index is 0.178. The van der Waals surface area contributed by atoms with Crippen molar-refractivity contribution in [2.45, 2.75) is 13.3 Å². The van der Waals surface area contributed by atoms with Gasteiger partial charge in [0, 0.05) is 24.3 Å². The fraction of sp³-hybridized carbons (Fsp3) is 0.231. The highest BCUT2D eigenvalue weighted by atomic mass is 16.2. The molecular weight excluding hydrogens is 214 g/mol. The molecule has 17 heavy (non-hydrogen) atoms. The summed E-state index contributed by atoms with van der Waals surface area (Å²) in [6.45, 7) is 2.69. The molecule has 1 aromatic carbocycles. The van der Waals surface area contributed by atoms with Crippen molar-refractivity contribution in [2.24, 2.45) is 0 Å². The maximum absolute atomic E-state index is 11.6. The molecule has 2 aromatic rings. The molecule has 0 atom stereocenters. The number of anilines is 1. The Bertz CT molecular complexity index is 520. The number of urea groups is 1. The fourth-order valence-corrected chi connectivity index (χ4v) is 1.63. The van der Waals surface area contributed by atoms with E-state index in [0.29, 0.717) is 6.54 Å². The molecule has 88 valence electrons. The Kier molecular flexibility index (Phi) is 3.55. The van der Waals surface area contributed by atoms with Crippen molar-refractivity contribution in [3.8, 4) is 0 Å². The van der Waals surface area contributed by atoms with Gasteiger partial charge < -0.3 is 10.6 Å². The molecule has 1 heterocycles. The van der Waals surface area contributed by atoms with Crippen LogP contribution in [0.4, 0.5) is 10.5 Å². The third-order valence-electron chi connectivity index (χ3n) is 2.47. The zero-order valence-corrected chi connectivity index (χ0v) is 9.73. The lowest BCUT2D eigenvalue weighted by atomic mass is 10.1. The van der Waals surface area contributed by atoms with Gasteiger partial charge in [-0.15, -0.1) is 0 Å². The van der Waals surface area contributed by atoms with Gasteiger partial charge in [-0.2, -0.15) is 0 Å². The van der Waals surface area contributed by atoms with Gasteiger partial charge in [0.2, 0.25) is 0 Å². The molecule has 0 aliphatic rings. The number of pyridine rings is 1. The van der Waals surface area contributed by atoms with Crippen molar-refractivity contribution in [1.29, 1.82) is 0 Å². The van der Waals surface area contributed by atoms with E-state index in [1.54, 1.807) is 12.4 Å². The van der Waals surface area contributed by atoms with E-state index in [9.17, 15) is 4.79 Å². The molecule has 0 spiro atoms. The van der Waals surface area contributed by atoms with E-state index in [0.717, 1.165) is 22.9 Å². The summed E-state index contributed by atoms with van der Waals surface area (Å²) in [6, 6.07) is 7.52. The number of benzene rings is 1. The van der Waals surface area contributed by atoms with Crippen LogP contribution in [0.5, 0.6) is 0 Å². The third kappa shape index (κ3) is 2.72. The van der Waals surface area contributed by atoms with Gasteiger partial charge in [-0.05, 0) is 23.9 Å². The average Bonchev–Trinajstić information content (AvgIpc) is 2.37. The van der Waals surface area contributed by atoms with Crippen molar-refractivity contribution in [1.82, 2.24) is 10.3 Å². The average molecular weight is 229 g/mol. The second kappa shape index (κ2) is 5.30. The number of amides is 2. The van der Waals surface area contributed by atoms with E-state index < -0.39 is 0 Å². The summed E-state index contributed by atoms with van der Waals surface area (Å²) >= 11 is 0. The number of aromatic nitrogens is 1. The highest BCUT2D eigenvalue weighted by Crippen LogP contribution is 2.21. The van der Waals surface area contributed by atoms with Gasteiger partial charge in [-0.3, -0.25) is 4.98 Å². The Labute approximate surface area is 100 Å². The minimum Gasteiger partial charge on any atom is -0.338 e. The largest absolute Gasteiger partial charge is 0.338 e. The van der Waals surface area contributed by atoms with E-state index in [4.69, 9.17) is 0 Å². The van der Waals surface area contributed by atoms with Crippen molar-refractivity contribution in [2.75, 3.05) is 11.9 Å². The zero-order valence-electron chi connectivity index (χ0n) is 9.73. The lowest BCUT2D eigenvalue weighted by molar-refractivity contribution is 0.252. The molecule has 0 fully saturated rings. The lowest BCUT2D eigenvalue weighted by Crippen LogP contribution is -2.29. The molecule has 0 unspecified atom stereocenters. The third-order valence-corrected chi connectivity index (χ3v) is 2.47. The number of carbonyl (C=O) groups excluding carboxylic acids is 1. The number of nitrogens with one attached hydrogen (secondary N) is 2. The lowest BCUT2D eigenvalue weighted by Gasteiger charge is -2.09. The second-order valence-electron chi connectivity index (χ2n) is 3.78. The van der Waals surface area contributed by atoms with Crippen molar-refractivity contribution in [3.63, 3.8) is 0 Å². The quantitative estimate of drug-likeness (QED) is 0.850. The van der Waals surface area contributed by atoms with E-state index in [-0.39, 0.29) is 6.03 Å². The van der Waals surface area contributed by atoms with Gasteiger partial charge in [0.15, 0.2) is 0 Å². The Morgan fingerprint density at radius 2 is 2.24 bits per heavy atom.